The molecule has 6 nitrogen and oxygen atoms in total. The molecule has 0 saturated heterocycles. The second kappa shape index (κ2) is 10.4. The number of aliphatic hydroxyl groups is 1. The Kier molecular flexibility index (Phi) is 9.33. The van der Waals surface area contributed by atoms with Gasteiger partial charge in [-0.05, 0) is 59.1 Å². The lowest BCUT2D eigenvalue weighted by atomic mass is 9.98. The largest absolute Gasteiger partial charge is 0.459 e. The van der Waals surface area contributed by atoms with Gasteiger partial charge in [0.2, 0.25) is 0 Å². The Labute approximate surface area is 190 Å². The number of benzene rings is 1. The molecule has 1 aromatic carbocycles. The number of hydrogen-bond acceptors (Lipinski definition) is 6. The Hall–Kier alpha value is -0.960. The molecule has 0 saturated carbocycles. The first kappa shape index (κ1) is 26.1. The van der Waals surface area contributed by atoms with E-state index in [2.05, 4.69) is 37.2 Å². The van der Waals surface area contributed by atoms with Crippen molar-refractivity contribution in [2.45, 2.75) is 68.4 Å². The molecule has 2 N–H and O–H groups in total. The first-order chi connectivity index (χ1) is 13.1. The smallest absolute Gasteiger partial charge is 0.324 e. The van der Waals surface area contributed by atoms with Crippen LogP contribution in [0.5, 0.6) is 0 Å². The van der Waals surface area contributed by atoms with E-state index in [1.54, 1.807) is 41.5 Å². The lowest BCUT2D eigenvalue weighted by molar-refractivity contribution is -0.158. The van der Waals surface area contributed by atoms with Gasteiger partial charge in [-0.15, -0.1) is 0 Å². The van der Waals surface area contributed by atoms with Crippen molar-refractivity contribution in [3.8, 4) is 0 Å². The molecule has 0 radical (unpaired) electrons. The molecular weight excluding hydrogens is 506 g/mol. The molecule has 0 aromatic heterocycles. The van der Waals surface area contributed by atoms with Crippen molar-refractivity contribution in [3.05, 3.63) is 35.4 Å². The Bertz CT molecular complexity index is 708. The minimum atomic E-state index is -0.833. The van der Waals surface area contributed by atoms with Crippen LogP contribution >= 0.6 is 31.9 Å². The molecule has 164 valence electrons. The van der Waals surface area contributed by atoms with Gasteiger partial charge in [-0.2, -0.15) is 0 Å². The fraction of sp³-hybridized carbons (Fsp3) is 0.619. The molecule has 0 bridgehead atoms. The molecule has 0 aliphatic carbocycles. The van der Waals surface area contributed by atoms with Crippen LogP contribution in [0.1, 0.15) is 52.7 Å². The van der Waals surface area contributed by atoms with Gasteiger partial charge in [-0.1, -0.05) is 56.1 Å². The molecular formula is C21H31Br2NO5. The Morgan fingerprint density at radius 3 is 2.10 bits per heavy atom. The Morgan fingerprint density at radius 1 is 1.03 bits per heavy atom. The van der Waals surface area contributed by atoms with Crippen molar-refractivity contribution in [2.75, 3.05) is 13.2 Å². The van der Waals surface area contributed by atoms with E-state index in [4.69, 9.17) is 9.47 Å². The van der Waals surface area contributed by atoms with Crippen LogP contribution in [0.3, 0.4) is 0 Å². The summed E-state index contributed by atoms with van der Waals surface area (Å²) in [6, 6.07) is 6.66. The number of esters is 2. The van der Waals surface area contributed by atoms with Crippen molar-refractivity contribution in [1.29, 1.82) is 0 Å². The topological polar surface area (TPSA) is 84.9 Å². The number of ether oxygens (including phenoxy) is 2. The maximum Gasteiger partial charge on any atom is 0.324 e. The molecule has 1 aromatic rings. The lowest BCUT2D eigenvalue weighted by Crippen LogP contribution is -2.46. The highest BCUT2D eigenvalue weighted by molar-refractivity contribution is 9.24. The van der Waals surface area contributed by atoms with Gasteiger partial charge in [0.05, 0.1) is 13.2 Å². The third kappa shape index (κ3) is 9.59. The van der Waals surface area contributed by atoms with Crippen molar-refractivity contribution >= 4 is 43.8 Å². The Balaban J connectivity index is 3.07. The van der Waals surface area contributed by atoms with E-state index < -0.39 is 32.4 Å². The van der Waals surface area contributed by atoms with E-state index in [1.165, 1.54) is 0 Å². The summed E-state index contributed by atoms with van der Waals surface area (Å²) in [5, 5.41) is 12.7. The van der Waals surface area contributed by atoms with Gasteiger partial charge in [-0.3, -0.25) is 14.9 Å². The zero-order valence-electron chi connectivity index (χ0n) is 17.8. The summed E-state index contributed by atoms with van der Waals surface area (Å²) in [6.45, 7) is 10.4. The number of aliphatic hydroxyl groups excluding tert-OH is 1. The highest BCUT2D eigenvalue weighted by Gasteiger charge is 2.31. The zero-order chi connectivity index (χ0) is 22.5. The summed E-state index contributed by atoms with van der Waals surface area (Å²) in [4.78, 5) is 24.9. The van der Waals surface area contributed by atoms with Gasteiger partial charge in [0.15, 0.2) is 0 Å². The van der Waals surface area contributed by atoms with Crippen LogP contribution in [-0.4, -0.2) is 47.4 Å². The average molecular weight is 537 g/mol. The summed E-state index contributed by atoms with van der Waals surface area (Å²) >= 11 is 6.93. The molecule has 8 heteroatoms. The minimum absolute atomic E-state index is 0.128. The van der Waals surface area contributed by atoms with Crippen LogP contribution in [0.15, 0.2) is 24.3 Å². The number of nitrogens with one attached hydrogen (secondary N) is 1. The third-order valence-electron chi connectivity index (χ3n) is 3.64. The minimum Gasteiger partial charge on any atom is -0.459 e. The second-order valence-electron chi connectivity index (χ2n) is 8.78. The van der Waals surface area contributed by atoms with Gasteiger partial charge < -0.3 is 14.6 Å². The highest BCUT2D eigenvalue weighted by Crippen LogP contribution is 2.39. The number of alkyl halides is 2. The summed E-state index contributed by atoms with van der Waals surface area (Å²) in [7, 11) is 0. The summed E-state index contributed by atoms with van der Waals surface area (Å²) in [5.41, 5.74) is 0.333. The molecule has 0 amide bonds. The maximum atomic E-state index is 12.8. The van der Waals surface area contributed by atoms with Crippen LogP contribution in [-0.2, 0) is 28.7 Å². The van der Waals surface area contributed by atoms with E-state index in [9.17, 15) is 14.7 Å². The van der Waals surface area contributed by atoms with Crippen LogP contribution in [0, 0.1) is 0 Å². The predicted octanol–water partition coefficient (Wildman–Crippen LogP) is 3.81. The summed E-state index contributed by atoms with van der Waals surface area (Å²) < 4.78 is 10.0. The van der Waals surface area contributed by atoms with E-state index in [0.717, 1.165) is 11.1 Å². The average Bonchev–Trinajstić information content (AvgIpc) is 2.55. The molecule has 0 fully saturated rings. The van der Waals surface area contributed by atoms with E-state index in [-0.39, 0.29) is 19.6 Å². The number of halogens is 2. The van der Waals surface area contributed by atoms with E-state index in [0.29, 0.717) is 0 Å². The zero-order valence-corrected chi connectivity index (χ0v) is 21.0. The van der Waals surface area contributed by atoms with Gasteiger partial charge >= 0.3 is 11.9 Å². The molecule has 1 rings (SSSR count). The van der Waals surface area contributed by atoms with Crippen molar-refractivity contribution in [3.63, 3.8) is 0 Å². The summed E-state index contributed by atoms with van der Waals surface area (Å²) in [6.07, 6.45) is 0.271. The molecule has 0 heterocycles. The Morgan fingerprint density at radius 2 is 1.59 bits per heavy atom. The normalized spacial score (nSPS) is 13.7. The fourth-order valence-electron chi connectivity index (χ4n) is 2.56. The number of rotatable bonds is 8. The predicted molar refractivity (Wildman–Crippen MR) is 120 cm³/mol. The van der Waals surface area contributed by atoms with Gasteiger partial charge in [0.25, 0.3) is 0 Å². The maximum absolute atomic E-state index is 12.8. The standard InChI is InChI=1S/C21H31Br2NO5/c1-19(2,3)28-17(26)12-24-16(18(27)29-20(4,5)6)11-14-9-7-8-10-15(14)21(22,23)13-25/h7-10,16,24-25H,11-13H2,1-6H3/t16-/m0/s1. The monoisotopic (exact) mass is 535 g/mol. The number of carbonyl (C=O) groups is 2. The van der Waals surface area contributed by atoms with Crippen LogP contribution in [0.4, 0.5) is 0 Å². The van der Waals surface area contributed by atoms with Gasteiger partial charge in [-0.25, -0.2) is 0 Å². The van der Waals surface area contributed by atoms with Crippen LogP contribution < -0.4 is 5.32 Å². The van der Waals surface area contributed by atoms with Crippen molar-refractivity contribution in [2.24, 2.45) is 0 Å². The molecule has 0 aliphatic heterocycles. The summed E-state index contributed by atoms with van der Waals surface area (Å²) in [5.74, 6) is -0.917. The molecule has 29 heavy (non-hydrogen) atoms. The van der Waals surface area contributed by atoms with E-state index in [1.807, 2.05) is 24.3 Å². The van der Waals surface area contributed by atoms with E-state index >= 15 is 0 Å². The third-order valence-corrected chi connectivity index (χ3v) is 4.99. The van der Waals surface area contributed by atoms with Crippen LogP contribution in [0.2, 0.25) is 0 Å². The van der Waals surface area contributed by atoms with Crippen molar-refractivity contribution < 1.29 is 24.2 Å². The SMILES string of the molecule is CC(C)(C)OC(=O)CN[C@@H](Cc1ccccc1C(Br)(Br)CO)C(=O)OC(C)(C)C. The van der Waals surface area contributed by atoms with Crippen LogP contribution in [0.25, 0.3) is 0 Å². The lowest BCUT2D eigenvalue weighted by Gasteiger charge is -2.27. The van der Waals surface area contributed by atoms with Gasteiger partial charge in [0.1, 0.15) is 20.5 Å². The van der Waals surface area contributed by atoms with Gasteiger partial charge in [0, 0.05) is 0 Å². The first-order valence-corrected chi connectivity index (χ1v) is 11.0. The number of carbonyl (C=O) groups excluding carboxylic acids is 2. The molecule has 1 atom stereocenters. The molecule has 0 unspecified atom stereocenters. The molecule has 0 spiro atoms. The fourth-order valence-corrected chi connectivity index (χ4v) is 3.33. The highest BCUT2D eigenvalue weighted by atomic mass is 79.9. The first-order valence-electron chi connectivity index (χ1n) is 9.40. The molecule has 0 aliphatic rings. The quantitative estimate of drug-likeness (QED) is 0.388. The second-order valence-corrected chi connectivity index (χ2v) is 12.5. The number of hydrogen-bond donors (Lipinski definition) is 2. The van der Waals surface area contributed by atoms with Crippen molar-refractivity contribution in [1.82, 2.24) is 5.32 Å².